The van der Waals surface area contributed by atoms with Gasteiger partial charge in [-0.25, -0.2) is 0 Å². The van der Waals surface area contributed by atoms with Gasteiger partial charge in [-0.15, -0.1) is 0 Å². The number of fused-ring (bicyclic) bond motifs is 6. The Morgan fingerprint density at radius 2 is 0.710 bits per heavy atom. The van der Waals surface area contributed by atoms with Crippen LogP contribution in [0, 0.1) is 0 Å². The summed E-state index contributed by atoms with van der Waals surface area (Å²) >= 11 is 0. The van der Waals surface area contributed by atoms with Gasteiger partial charge in [0.1, 0.15) is 11.2 Å². The van der Waals surface area contributed by atoms with Crippen LogP contribution in [0.3, 0.4) is 0 Å². The molecule has 0 radical (unpaired) electrons. The van der Waals surface area contributed by atoms with E-state index in [9.17, 15) is 0 Å². The first-order valence-electron chi connectivity index (χ1n) is 23.6. The van der Waals surface area contributed by atoms with Gasteiger partial charge in [0, 0.05) is 44.2 Å². The number of benzene rings is 11. The first-order valence-corrected chi connectivity index (χ1v) is 23.6. The van der Waals surface area contributed by atoms with E-state index in [1.165, 1.54) is 49.6 Å². The van der Waals surface area contributed by atoms with Crippen molar-refractivity contribution >= 4 is 60.8 Å². The predicted octanol–water partition coefficient (Wildman–Crippen LogP) is 18.5. The van der Waals surface area contributed by atoms with Gasteiger partial charge in [-0.3, -0.25) is 0 Å². The van der Waals surface area contributed by atoms with Crippen LogP contribution in [0.1, 0.15) is 0 Å². The zero-order valence-electron chi connectivity index (χ0n) is 37.7. The van der Waals surface area contributed by atoms with Crippen molar-refractivity contribution in [3.8, 4) is 61.3 Å². The Labute approximate surface area is 401 Å². The Bertz CT molecular complexity index is 3920. The number of aromatic nitrogens is 1. The minimum absolute atomic E-state index is 0.894. The molecule has 0 N–H and O–H groups in total. The number of furan rings is 1. The van der Waals surface area contributed by atoms with Crippen LogP contribution in [0.15, 0.2) is 271 Å². The summed E-state index contributed by atoms with van der Waals surface area (Å²) in [6, 6.07) is 96.1. The SMILES string of the molecule is c1ccc(-c2ccc(-c3ccccc3N(c3ccc(-c4cccc(-c5ccc(-n6c7ccccc7c7ccccc76)cc5)c4)cc3)c3ccc(-c4ccc5c(c4)oc4ccccc45)cc3)cc2)cc1. The quantitative estimate of drug-likeness (QED) is 0.144. The van der Waals surface area contributed by atoms with Crippen molar-refractivity contribution in [3.63, 3.8) is 0 Å². The minimum atomic E-state index is 0.894. The molecule has 0 unspecified atom stereocenters. The molecule has 0 bridgehead atoms. The molecule has 69 heavy (non-hydrogen) atoms. The summed E-state index contributed by atoms with van der Waals surface area (Å²) in [5.41, 5.74) is 20.2. The molecule has 0 spiro atoms. The van der Waals surface area contributed by atoms with E-state index in [-0.39, 0.29) is 0 Å². The fourth-order valence-electron chi connectivity index (χ4n) is 10.2. The van der Waals surface area contributed by atoms with E-state index in [1.807, 2.05) is 12.1 Å². The minimum Gasteiger partial charge on any atom is -0.456 e. The second-order valence-electron chi connectivity index (χ2n) is 17.7. The molecule has 3 nitrogen and oxygen atoms in total. The molecule has 0 fully saturated rings. The highest BCUT2D eigenvalue weighted by molar-refractivity contribution is 6.09. The lowest BCUT2D eigenvalue weighted by Crippen LogP contribution is -2.11. The molecule has 2 heterocycles. The fourth-order valence-corrected chi connectivity index (χ4v) is 10.2. The molecule has 0 atom stereocenters. The van der Waals surface area contributed by atoms with Gasteiger partial charge >= 0.3 is 0 Å². The Kier molecular flexibility index (Phi) is 9.84. The number of para-hydroxylation sites is 4. The average molecular weight is 881 g/mol. The van der Waals surface area contributed by atoms with E-state index in [2.05, 4.69) is 264 Å². The van der Waals surface area contributed by atoms with Gasteiger partial charge in [-0.1, -0.05) is 188 Å². The van der Waals surface area contributed by atoms with Crippen molar-refractivity contribution in [1.82, 2.24) is 4.57 Å². The van der Waals surface area contributed by atoms with Gasteiger partial charge in [0.25, 0.3) is 0 Å². The number of hydrogen-bond acceptors (Lipinski definition) is 2. The lowest BCUT2D eigenvalue weighted by molar-refractivity contribution is 0.669. The summed E-state index contributed by atoms with van der Waals surface area (Å²) in [4.78, 5) is 2.38. The van der Waals surface area contributed by atoms with Crippen LogP contribution < -0.4 is 4.90 Å². The summed E-state index contributed by atoms with van der Waals surface area (Å²) in [5.74, 6) is 0. The molecular weight excluding hydrogens is 837 g/mol. The maximum absolute atomic E-state index is 6.28. The zero-order chi connectivity index (χ0) is 45.7. The molecule has 0 saturated heterocycles. The van der Waals surface area contributed by atoms with E-state index in [4.69, 9.17) is 4.42 Å². The maximum Gasteiger partial charge on any atom is 0.136 e. The molecule has 13 rings (SSSR count). The van der Waals surface area contributed by atoms with Gasteiger partial charge < -0.3 is 13.9 Å². The second-order valence-corrected chi connectivity index (χ2v) is 17.7. The third kappa shape index (κ3) is 7.25. The van der Waals surface area contributed by atoms with Crippen LogP contribution in [0.25, 0.3) is 105 Å². The summed E-state index contributed by atoms with van der Waals surface area (Å²) in [5, 5.41) is 4.80. The van der Waals surface area contributed by atoms with E-state index in [1.54, 1.807) is 0 Å². The van der Waals surface area contributed by atoms with E-state index >= 15 is 0 Å². The molecule has 2 aromatic heterocycles. The Hall–Kier alpha value is -9.18. The molecule has 0 saturated carbocycles. The Morgan fingerprint density at radius 1 is 0.275 bits per heavy atom. The third-order valence-corrected chi connectivity index (χ3v) is 13.6. The van der Waals surface area contributed by atoms with Crippen molar-refractivity contribution in [2.24, 2.45) is 0 Å². The third-order valence-electron chi connectivity index (χ3n) is 13.6. The largest absolute Gasteiger partial charge is 0.456 e. The van der Waals surface area contributed by atoms with Crippen molar-refractivity contribution in [2.75, 3.05) is 4.90 Å². The number of anilines is 3. The molecule has 324 valence electrons. The summed E-state index contributed by atoms with van der Waals surface area (Å²) in [6.07, 6.45) is 0. The molecule has 3 heteroatoms. The normalized spacial score (nSPS) is 11.5. The van der Waals surface area contributed by atoms with E-state index < -0.39 is 0 Å². The molecule has 0 aliphatic rings. The highest BCUT2D eigenvalue weighted by Crippen LogP contribution is 2.43. The van der Waals surface area contributed by atoms with Crippen LogP contribution in [-0.4, -0.2) is 4.57 Å². The van der Waals surface area contributed by atoms with Crippen LogP contribution >= 0.6 is 0 Å². The van der Waals surface area contributed by atoms with Crippen molar-refractivity contribution in [1.29, 1.82) is 0 Å². The maximum atomic E-state index is 6.28. The van der Waals surface area contributed by atoms with Gasteiger partial charge in [0.05, 0.1) is 16.7 Å². The van der Waals surface area contributed by atoms with Gasteiger partial charge in [0.2, 0.25) is 0 Å². The molecule has 0 aliphatic carbocycles. The van der Waals surface area contributed by atoms with Gasteiger partial charge in [0.15, 0.2) is 0 Å². The van der Waals surface area contributed by atoms with Crippen LogP contribution in [0.5, 0.6) is 0 Å². The zero-order valence-corrected chi connectivity index (χ0v) is 37.7. The van der Waals surface area contributed by atoms with Crippen molar-refractivity contribution < 1.29 is 4.42 Å². The second kappa shape index (κ2) is 16.9. The van der Waals surface area contributed by atoms with Crippen LogP contribution in [0.2, 0.25) is 0 Å². The number of rotatable bonds is 9. The summed E-state index contributed by atoms with van der Waals surface area (Å²) in [6.45, 7) is 0. The Balaban J connectivity index is 0.846. The standard InChI is InChI=1S/C66H44N2O/c1-2-13-45(14-3-1)46-25-27-50(28-26-46)57-17-4-8-21-62(57)67(55-38-31-49(32-39-55)53-35-42-61-60-20-7-11-24-65(60)69-66(61)44-53)54-36-29-47(30-37-54)51-15-12-16-52(43-51)48-33-40-56(41-34-48)68-63-22-9-5-18-58(63)59-19-6-10-23-64(59)68/h1-44H. The predicted molar refractivity (Wildman–Crippen MR) is 290 cm³/mol. The number of hydrogen-bond donors (Lipinski definition) is 0. The summed E-state index contributed by atoms with van der Waals surface area (Å²) < 4.78 is 8.65. The Morgan fingerprint density at radius 3 is 1.36 bits per heavy atom. The first-order chi connectivity index (χ1) is 34.2. The monoisotopic (exact) mass is 880 g/mol. The summed E-state index contributed by atoms with van der Waals surface area (Å²) in [7, 11) is 0. The van der Waals surface area contributed by atoms with Crippen molar-refractivity contribution in [2.45, 2.75) is 0 Å². The van der Waals surface area contributed by atoms with E-state index in [0.29, 0.717) is 0 Å². The smallest absolute Gasteiger partial charge is 0.136 e. The molecule has 13 aromatic rings. The topological polar surface area (TPSA) is 21.3 Å². The van der Waals surface area contributed by atoms with Gasteiger partial charge in [-0.05, 0) is 129 Å². The fraction of sp³-hybridized carbons (Fsp3) is 0. The van der Waals surface area contributed by atoms with E-state index in [0.717, 1.165) is 72.5 Å². The molecule has 0 amide bonds. The highest BCUT2D eigenvalue weighted by atomic mass is 16.3. The average Bonchev–Trinajstić information content (AvgIpc) is 3.97. The molecular formula is C66H44N2O. The first kappa shape index (κ1) is 40.1. The van der Waals surface area contributed by atoms with Crippen LogP contribution in [0.4, 0.5) is 17.1 Å². The molecule has 0 aliphatic heterocycles. The molecule has 11 aromatic carbocycles. The van der Waals surface area contributed by atoms with Gasteiger partial charge in [-0.2, -0.15) is 0 Å². The lowest BCUT2D eigenvalue weighted by atomic mass is 9.97. The highest BCUT2D eigenvalue weighted by Gasteiger charge is 2.19. The lowest BCUT2D eigenvalue weighted by Gasteiger charge is -2.28. The number of nitrogens with zero attached hydrogens (tertiary/aromatic N) is 2. The van der Waals surface area contributed by atoms with Crippen LogP contribution in [-0.2, 0) is 0 Å². The van der Waals surface area contributed by atoms with Crippen molar-refractivity contribution in [3.05, 3.63) is 267 Å².